The topological polar surface area (TPSA) is 66.4 Å². The maximum absolute atomic E-state index is 11.9. The number of carboxylic acids is 1. The van der Waals surface area contributed by atoms with Gasteiger partial charge in [-0.25, -0.2) is 4.79 Å². The minimum atomic E-state index is -0.987. The van der Waals surface area contributed by atoms with Gasteiger partial charge >= 0.3 is 5.97 Å². The fourth-order valence-electron chi connectivity index (χ4n) is 1.53. The molecule has 0 aliphatic carbocycles. The number of hydrogen-bond acceptors (Lipinski definition) is 2. The van der Waals surface area contributed by atoms with Gasteiger partial charge in [0.05, 0.1) is 5.56 Å². The summed E-state index contributed by atoms with van der Waals surface area (Å²) in [6, 6.07) is 3.28. The molecule has 18 heavy (non-hydrogen) atoms. The van der Waals surface area contributed by atoms with Crippen molar-refractivity contribution in [2.24, 2.45) is 5.41 Å². The molecule has 0 spiro atoms. The summed E-state index contributed by atoms with van der Waals surface area (Å²) in [4.78, 5) is 22.9. The van der Waals surface area contributed by atoms with Gasteiger partial charge in [0, 0.05) is 11.1 Å². The number of carbonyl (C=O) groups excluding carboxylic acids is 1. The summed E-state index contributed by atoms with van der Waals surface area (Å²) in [5, 5.41) is 11.8. The molecule has 1 rings (SSSR count). The maximum atomic E-state index is 11.9. The van der Waals surface area contributed by atoms with Crippen LogP contribution < -0.4 is 5.32 Å². The van der Waals surface area contributed by atoms with Crippen molar-refractivity contribution in [3.63, 3.8) is 0 Å². The molecule has 0 saturated heterocycles. The third-order valence-electron chi connectivity index (χ3n) is 2.73. The van der Waals surface area contributed by atoms with Gasteiger partial charge in [0.25, 0.3) is 0 Å². The Hall–Kier alpha value is -1.84. The number of benzene rings is 1. The molecule has 4 heteroatoms. The Morgan fingerprint density at radius 3 is 2.11 bits per heavy atom. The molecule has 0 aliphatic rings. The average Bonchev–Trinajstić information content (AvgIpc) is 2.19. The van der Waals surface area contributed by atoms with Gasteiger partial charge in [-0.3, -0.25) is 4.79 Å². The predicted molar refractivity (Wildman–Crippen MR) is 71.0 cm³/mol. The van der Waals surface area contributed by atoms with Gasteiger partial charge in [0.1, 0.15) is 0 Å². The second-order valence-electron chi connectivity index (χ2n) is 5.49. The third kappa shape index (κ3) is 3.09. The lowest BCUT2D eigenvalue weighted by Crippen LogP contribution is -2.28. The standard InChI is InChI=1S/C14H19NO3/c1-8-6-9(2)11(7-10(8)12(16)17)15-13(18)14(3,4)5/h6-7H,1-5H3,(H,15,18)(H,16,17). The molecule has 98 valence electrons. The van der Waals surface area contributed by atoms with Crippen molar-refractivity contribution in [2.45, 2.75) is 34.6 Å². The lowest BCUT2D eigenvalue weighted by Gasteiger charge is -2.19. The molecule has 0 radical (unpaired) electrons. The van der Waals surface area contributed by atoms with E-state index in [1.54, 1.807) is 13.0 Å². The van der Waals surface area contributed by atoms with E-state index in [0.717, 1.165) is 5.56 Å². The summed E-state index contributed by atoms with van der Waals surface area (Å²) in [6.07, 6.45) is 0. The zero-order chi connectivity index (χ0) is 14.1. The van der Waals surface area contributed by atoms with Crippen LogP contribution in [0.1, 0.15) is 42.3 Å². The summed E-state index contributed by atoms with van der Waals surface area (Å²) in [6.45, 7) is 9.01. The van der Waals surface area contributed by atoms with Crippen LogP contribution in [0.4, 0.5) is 5.69 Å². The molecule has 1 aromatic rings. The number of anilines is 1. The molecule has 0 atom stereocenters. The second-order valence-corrected chi connectivity index (χ2v) is 5.49. The Morgan fingerprint density at radius 1 is 1.11 bits per heavy atom. The zero-order valence-electron chi connectivity index (χ0n) is 11.4. The maximum Gasteiger partial charge on any atom is 0.336 e. The van der Waals surface area contributed by atoms with Gasteiger partial charge in [-0.1, -0.05) is 26.8 Å². The number of aromatic carboxylic acids is 1. The number of aryl methyl sites for hydroxylation is 2. The Morgan fingerprint density at radius 2 is 1.67 bits per heavy atom. The minimum absolute atomic E-state index is 0.134. The number of carboxylic acid groups (broad SMARTS) is 1. The highest BCUT2D eigenvalue weighted by Crippen LogP contribution is 2.23. The monoisotopic (exact) mass is 249 g/mol. The molecule has 1 aromatic carbocycles. The largest absolute Gasteiger partial charge is 0.478 e. The fraction of sp³-hybridized carbons (Fsp3) is 0.429. The SMILES string of the molecule is Cc1cc(C)c(C(=O)O)cc1NC(=O)C(C)(C)C. The van der Waals surface area contributed by atoms with E-state index in [0.29, 0.717) is 11.3 Å². The van der Waals surface area contributed by atoms with E-state index in [-0.39, 0.29) is 11.5 Å². The molecule has 1 amide bonds. The van der Waals surface area contributed by atoms with Crippen LogP contribution in [0.25, 0.3) is 0 Å². The Labute approximate surface area is 107 Å². The molecule has 0 unspecified atom stereocenters. The first-order valence-electron chi connectivity index (χ1n) is 5.79. The van der Waals surface area contributed by atoms with Gasteiger partial charge < -0.3 is 10.4 Å². The molecule has 0 aliphatic heterocycles. The second kappa shape index (κ2) is 4.80. The number of carbonyl (C=O) groups is 2. The fourth-order valence-corrected chi connectivity index (χ4v) is 1.53. The molecule has 0 saturated carbocycles. The summed E-state index contributed by atoms with van der Waals surface area (Å²) in [5.41, 5.74) is 1.80. The van der Waals surface area contributed by atoms with Crippen LogP contribution in [0.5, 0.6) is 0 Å². The van der Waals surface area contributed by atoms with E-state index in [9.17, 15) is 9.59 Å². The van der Waals surface area contributed by atoms with Crippen molar-refractivity contribution in [2.75, 3.05) is 5.32 Å². The number of hydrogen-bond donors (Lipinski definition) is 2. The van der Waals surface area contributed by atoms with Crippen molar-refractivity contribution < 1.29 is 14.7 Å². The van der Waals surface area contributed by atoms with E-state index in [1.165, 1.54) is 6.07 Å². The van der Waals surface area contributed by atoms with E-state index < -0.39 is 11.4 Å². The molecule has 0 heterocycles. The van der Waals surface area contributed by atoms with Crippen molar-refractivity contribution >= 4 is 17.6 Å². The minimum Gasteiger partial charge on any atom is -0.478 e. The molecule has 0 aromatic heterocycles. The normalized spacial score (nSPS) is 11.2. The molecule has 0 bridgehead atoms. The van der Waals surface area contributed by atoms with E-state index >= 15 is 0 Å². The first-order valence-corrected chi connectivity index (χ1v) is 5.79. The van der Waals surface area contributed by atoms with Gasteiger partial charge in [-0.15, -0.1) is 0 Å². The summed E-state index contributed by atoms with van der Waals surface area (Å²) in [7, 11) is 0. The molecule has 2 N–H and O–H groups in total. The van der Waals surface area contributed by atoms with Crippen LogP contribution in [0, 0.1) is 19.3 Å². The van der Waals surface area contributed by atoms with Crippen molar-refractivity contribution in [1.82, 2.24) is 0 Å². The van der Waals surface area contributed by atoms with Crippen LogP contribution in [0.2, 0.25) is 0 Å². The van der Waals surface area contributed by atoms with E-state index in [1.807, 2.05) is 27.7 Å². The average molecular weight is 249 g/mol. The first kappa shape index (κ1) is 14.2. The summed E-state index contributed by atoms with van der Waals surface area (Å²) >= 11 is 0. The zero-order valence-corrected chi connectivity index (χ0v) is 11.4. The van der Waals surface area contributed by atoms with Gasteiger partial charge in [-0.2, -0.15) is 0 Å². The smallest absolute Gasteiger partial charge is 0.336 e. The number of amides is 1. The molecular formula is C14H19NO3. The van der Waals surface area contributed by atoms with Gasteiger partial charge in [0.2, 0.25) is 5.91 Å². The molecular weight excluding hydrogens is 230 g/mol. The predicted octanol–water partition coefficient (Wildman–Crippen LogP) is 2.99. The Balaban J connectivity index is 3.14. The quantitative estimate of drug-likeness (QED) is 0.846. The van der Waals surface area contributed by atoms with E-state index in [4.69, 9.17) is 5.11 Å². The van der Waals surface area contributed by atoms with Crippen LogP contribution >= 0.6 is 0 Å². The van der Waals surface area contributed by atoms with Crippen molar-refractivity contribution in [1.29, 1.82) is 0 Å². The highest BCUT2D eigenvalue weighted by Gasteiger charge is 2.22. The highest BCUT2D eigenvalue weighted by atomic mass is 16.4. The molecule has 4 nitrogen and oxygen atoms in total. The van der Waals surface area contributed by atoms with Crippen molar-refractivity contribution in [3.05, 3.63) is 28.8 Å². The highest BCUT2D eigenvalue weighted by molar-refractivity contribution is 5.97. The molecule has 0 fully saturated rings. The van der Waals surface area contributed by atoms with Gasteiger partial charge in [0.15, 0.2) is 0 Å². The lowest BCUT2D eigenvalue weighted by atomic mass is 9.95. The van der Waals surface area contributed by atoms with Crippen LogP contribution in [0.3, 0.4) is 0 Å². The van der Waals surface area contributed by atoms with Gasteiger partial charge in [-0.05, 0) is 31.0 Å². The Kier molecular flexibility index (Phi) is 3.79. The summed E-state index contributed by atoms with van der Waals surface area (Å²) < 4.78 is 0. The first-order chi connectivity index (χ1) is 8.12. The number of rotatable bonds is 2. The van der Waals surface area contributed by atoms with Crippen molar-refractivity contribution in [3.8, 4) is 0 Å². The van der Waals surface area contributed by atoms with Crippen LogP contribution in [-0.2, 0) is 4.79 Å². The lowest BCUT2D eigenvalue weighted by molar-refractivity contribution is -0.123. The van der Waals surface area contributed by atoms with Crippen LogP contribution in [0.15, 0.2) is 12.1 Å². The van der Waals surface area contributed by atoms with Crippen LogP contribution in [-0.4, -0.2) is 17.0 Å². The third-order valence-corrected chi connectivity index (χ3v) is 2.73. The number of nitrogens with one attached hydrogen (secondary N) is 1. The Bertz CT molecular complexity index is 498. The summed E-state index contributed by atoms with van der Waals surface area (Å²) in [5.74, 6) is -1.12. The van der Waals surface area contributed by atoms with E-state index in [2.05, 4.69) is 5.32 Å².